The van der Waals surface area contributed by atoms with Crippen LogP contribution in [0.15, 0.2) is 24.3 Å². The first-order chi connectivity index (χ1) is 7.66. The Balaban J connectivity index is 1.97. The lowest BCUT2D eigenvalue weighted by molar-refractivity contribution is -0.138. The summed E-state index contributed by atoms with van der Waals surface area (Å²) < 4.78 is 0. The van der Waals surface area contributed by atoms with Crippen LogP contribution >= 0.6 is 11.6 Å². The van der Waals surface area contributed by atoms with Crippen LogP contribution in [0.4, 0.5) is 0 Å². The van der Waals surface area contributed by atoms with Crippen molar-refractivity contribution in [2.24, 2.45) is 0 Å². The average Bonchev–Trinajstić information content (AvgIpc) is 2.56. The second-order valence-corrected chi connectivity index (χ2v) is 4.26. The molecule has 0 N–H and O–H groups in total. The van der Waals surface area contributed by atoms with Crippen LogP contribution in [0.2, 0.25) is 5.02 Å². The number of carbonyl (C=O) groups excluding carboxylic acids is 2. The molecule has 1 aromatic carbocycles. The van der Waals surface area contributed by atoms with Crippen molar-refractivity contribution in [2.45, 2.75) is 19.3 Å². The predicted molar refractivity (Wildman–Crippen MR) is 61.1 cm³/mol. The van der Waals surface area contributed by atoms with Crippen molar-refractivity contribution in [1.82, 2.24) is 4.90 Å². The van der Waals surface area contributed by atoms with Crippen molar-refractivity contribution < 1.29 is 9.59 Å². The van der Waals surface area contributed by atoms with Gasteiger partial charge in [0.2, 0.25) is 11.8 Å². The third-order valence-corrected chi connectivity index (χ3v) is 2.90. The van der Waals surface area contributed by atoms with Crippen LogP contribution in [0.5, 0.6) is 0 Å². The van der Waals surface area contributed by atoms with Crippen molar-refractivity contribution in [3.05, 3.63) is 34.9 Å². The number of nitrogens with zero attached hydrogens (tertiary/aromatic N) is 1. The quantitative estimate of drug-likeness (QED) is 0.755. The SMILES string of the molecule is O=C1CCC(=O)N1CCc1cccc(Cl)c1. The van der Waals surface area contributed by atoms with Gasteiger partial charge in [-0.2, -0.15) is 0 Å². The molecule has 2 amide bonds. The predicted octanol–water partition coefficient (Wildman–Crippen LogP) is 2.03. The Labute approximate surface area is 99.0 Å². The molecule has 1 aliphatic heterocycles. The van der Waals surface area contributed by atoms with Crippen molar-refractivity contribution in [3.63, 3.8) is 0 Å². The van der Waals surface area contributed by atoms with Gasteiger partial charge in [0.1, 0.15) is 0 Å². The maximum absolute atomic E-state index is 11.4. The molecule has 0 radical (unpaired) electrons. The molecule has 3 nitrogen and oxygen atoms in total. The minimum Gasteiger partial charge on any atom is -0.282 e. The Morgan fingerprint density at radius 2 is 1.88 bits per heavy atom. The molecule has 0 aromatic heterocycles. The molecule has 0 aliphatic carbocycles. The number of halogens is 1. The van der Waals surface area contributed by atoms with E-state index in [-0.39, 0.29) is 11.8 Å². The van der Waals surface area contributed by atoms with Crippen LogP contribution in [-0.4, -0.2) is 23.3 Å². The standard InChI is InChI=1S/C12H12ClNO2/c13-10-3-1-2-9(8-10)6-7-14-11(15)4-5-12(14)16/h1-3,8H,4-7H2. The normalized spacial score (nSPS) is 15.9. The first-order valence-corrected chi connectivity index (χ1v) is 5.62. The fourth-order valence-corrected chi connectivity index (χ4v) is 2.02. The largest absolute Gasteiger partial charge is 0.282 e. The molecule has 1 aromatic rings. The van der Waals surface area contributed by atoms with E-state index < -0.39 is 0 Å². The summed E-state index contributed by atoms with van der Waals surface area (Å²) >= 11 is 5.85. The van der Waals surface area contributed by atoms with Crippen LogP contribution in [0.3, 0.4) is 0 Å². The van der Waals surface area contributed by atoms with Gasteiger partial charge in [-0.05, 0) is 24.1 Å². The van der Waals surface area contributed by atoms with E-state index in [0.29, 0.717) is 30.8 Å². The summed E-state index contributed by atoms with van der Waals surface area (Å²) in [6.45, 7) is 0.456. The molecule has 16 heavy (non-hydrogen) atoms. The summed E-state index contributed by atoms with van der Waals surface area (Å²) in [6, 6.07) is 7.46. The molecule has 1 saturated heterocycles. The molecule has 1 aliphatic rings. The molecule has 0 bridgehead atoms. The van der Waals surface area contributed by atoms with Crippen LogP contribution in [0, 0.1) is 0 Å². The van der Waals surface area contributed by atoms with Gasteiger partial charge in [0, 0.05) is 24.4 Å². The van der Waals surface area contributed by atoms with E-state index in [1.807, 2.05) is 18.2 Å². The van der Waals surface area contributed by atoms with Crippen LogP contribution in [0.1, 0.15) is 18.4 Å². The zero-order valence-corrected chi connectivity index (χ0v) is 9.54. The molecule has 0 unspecified atom stereocenters. The number of likely N-dealkylation sites (tertiary alicyclic amines) is 1. The van der Waals surface area contributed by atoms with E-state index in [2.05, 4.69) is 0 Å². The zero-order chi connectivity index (χ0) is 11.5. The minimum atomic E-state index is -0.0629. The fraction of sp³-hybridized carbons (Fsp3) is 0.333. The van der Waals surface area contributed by atoms with Crippen molar-refractivity contribution >= 4 is 23.4 Å². The molecule has 2 rings (SSSR count). The van der Waals surface area contributed by atoms with Gasteiger partial charge in [-0.3, -0.25) is 14.5 Å². The topological polar surface area (TPSA) is 37.4 Å². The molecule has 0 saturated carbocycles. The van der Waals surface area contributed by atoms with Crippen molar-refractivity contribution in [1.29, 1.82) is 0 Å². The zero-order valence-electron chi connectivity index (χ0n) is 8.78. The second kappa shape index (κ2) is 4.66. The monoisotopic (exact) mass is 237 g/mol. The van der Waals surface area contributed by atoms with Crippen molar-refractivity contribution in [3.8, 4) is 0 Å². The molecule has 1 fully saturated rings. The van der Waals surface area contributed by atoms with E-state index in [9.17, 15) is 9.59 Å². The van der Waals surface area contributed by atoms with Gasteiger partial charge >= 0.3 is 0 Å². The molecule has 84 valence electrons. The van der Waals surface area contributed by atoms with Crippen LogP contribution in [-0.2, 0) is 16.0 Å². The number of amides is 2. The minimum absolute atomic E-state index is 0.0629. The number of hydrogen-bond acceptors (Lipinski definition) is 2. The Morgan fingerprint density at radius 3 is 2.50 bits per heavy atom. The number of hydrogen-bond donors (Lipinski definition) is 0. The fourth-order valence-electron chi connectivity index (χ4n) is 1.81. The summed E-state index contributed by atoms with van der Waals surface area (Å²) in [7, 11) is 0. The summed E-state index contributed by atoms with van der Waals surface area (Å²) in [6.07, 6.45) is 1.38. The van der Waals surface area contributed by atoms with Gasteiger partial charge in [0.05, 0.1) is 0 Å². The summed E-state index contributed by atoms with van der Waals surface area (Å²) in [5.41, 5.74) is 1.04. The van der Waals surface area contributed by atoms with Crippen LogP contribution in [0.25, 0.3) is 0 Å². The van der Waals surface area contributed by atoms with Crippen molar-refractivity contribution in [2.75, 3.05) is 6.54 Å². The van der Waals surface area contributed by atoms with E-state index in [4.69, 9.17) is 11.6 Å². The third kappa shape index (κ3) is 2.42. The Morgan fingerprint density at radius 1 is 1.19 bits per heavy atom. The first-order valence-electron chi connectivity index (χ1n) is 5.24. The second-order valence-electron chi connectivity index (χ2n) is 3.82. The number of rotatable bonds is 3. The molecule has 1 heterocycles. The van der Waals surface area contributed by atoms with E-state index >= 15 is 0 Å². The number of imide groups is 1. The van der Waals surface area contributed by atoms with Gasteiger partial charge in [-0.25, -0.2) is 0 Å². The molecular weight excluding hydrogens is 226 g/mol. The highest BCUT2D eigenvalue weighted by atomic mass is 35.5. The molecular formula is C12H12ClNO2. The number of benzene rings is 1. The molecule has 4 heteroatoms. The number of carbonyl (C=O) groups is 2. The lowest BCUT2D eigenvalue weighted by atomic mass is 10.1. The van der Waals surface area contributed by atoms with E-state index in [1.54, 1.807) is 6.07 Å². The third-order valence-electron chi connectivity index (χ3n) is 2.67. The Hall–Kier alpha value is -1.35. The van der Waals surface area contributed by atoms with E-state index in [1.165, 1.54) is 4.90 Å². The first kappa shape index (κ1) is 11.1. The highest BCUT2D eigenvalue weighted by Crippen LogP contribution is 2.15. The molecule has 0 spiro atoms. The van der Waals surface area contributed by atoms with Gasteiger partial charge < -0.3 is 0 Å². The van der Waals surface area contributed by atoms with Gasteiger partial charge in [0.15, 0.2) is 0 Å². The van der Waals surface area contributed by atoms with Crippen LogP contribution < -0.4 is 0 Å². The van der Waals surface area contributed by atoms with Gasteiger partial charge in [0.25, 0.3) is 0 Å². The molecule has 0 atom stereocenters. The maximum atomic E-state index is 11.4. The highest BCUT2D eigenvalue weighted by Gasteiger charge is 2.27. The lowest BCUT2D eigenvalue weighted by Gasteiger charge is -2.13. The lowest BCUT2D eigenvalue weighted by Crippen LogP contribution is -2.31. The van der Waals surface area contributed by atoms with Gasteiger partial charge in [-0.15, -0.1) is 0 Å². The summed E-state index contributed by atoms with van der Waals surface area (Å²) in [4.78, 5) is 24.0. The Kier molecular flexibility index (Phi) is 3.25. The van der Waals surface area contributed by atoms with Gasteiger partial charge in [-0.1, -0.05) is 23.7 Å². The smallest absolute Gasteiger partial charge is 0.229 e. The maximum Gasteiger partial charge on any atom is 0.229 e. The highest BCUT2D eigenvalue weighted by molar-refractivity contribution is 6.30. The van der Waals surface area contributed by atoms with E-state index in [0.717, 1.165) is 5.56 Å². The summed E-state index contributed by atoms with van der Waals surface area (Å²) in [5.74, 6) is -0.126. The summed E-state index contributed by atoms with van der Waals surface area (Å²) in [5, 5.41) is 0.677. The Bertz CT molecular complexity index is 415. The average molecular weight is 238 g/mol.